The molecule has 2 aliphatic rings. The third-order valence-corrected chi connectivity index (χ3v) is 7.77. The SMILES string of the molecule is CC(C)(C)C1CC=C(c2cc(C(F)(F)F)cc3[nH]c(N4CCN(c5ncccc5CF)CC4)nc23)CC1. The zero-order valence-electron chi connectivity index (χ0n) is 21.5. The zero-order chi connectivity index (χ0) is 26.4. The fourth-order valence-electron chi connectivity index (χ4n) is 5.48. The second-order valence-corrected chi connectivity index (χ2v) is 11.1. The molecular weight excluding hydrogens is 482 g/mol. The van der Waals surface area contributed by atoms with Crippen molar-refractivity contribution in [1.82, 2.24) is 15.0 Å². The van der Waals surface area contributed by atoms with Gasteiger partial charge in [0.1, 0.15) is 12.5 Å². The summed E-state index contributed by atoms with van der Waals surface area (Å²) in [6.07, 6.45) is 1.85. The fraction of sp³-hybridized carbons (Fsp3) is 0.500. The van der Waals surface area contributed by atoms with Crippen LogP contribution < -0.4 is 9.80 Å². The van der Waals surface area contributed by atoms with Gasteiger partial charge in [-0.2, -0.15) is 13.2 Å². The van der Waals surface area contributed by atoms with Crippen LogP contribution in [0.4, 0.5) is 29.3 Å². The Labute approximate surface area is 214 Å². The van der Waals surface area contributed by atoms with Crippen LogP contribution in [0.15, 0.2) is 36.5 Å². The maximum absolute atomic E-state index is 13.8. The Balaban J connectivity index is 1.43. The van der Waals surface area contributed by atoms with Crippen molar-refractivity contribution in [2.45, 2.75) is 52.9 Å². The van der Waals surface area contributed by atoms with Crippen LogP contribution in [0.25, 0.3) is 16.6 Å². The van der Waals surface area contributed by atoms with E-state index < -0.39 is 18.4 Å². The number of pyridine rings is 1. The van der Waals surface area contributed by atoms with Crippen LogP contribution in [-0.2, 0) is 12.9 Å². The average molecular weight is 516 g/mol. The van der Waals surface area contributed by atoms with Gasteiger partial charge in [-0.1, -0.05) is 32.9 Å². The summed E-state index contributed by atoms with van der Waals surface area (Å²) in [4.78, 5) is 16.4. The third-order valence-electron chi connectivity index (χ3n) is 7.77. The number of benzene rings is 1. The van der Waals surface area contributed by atoms with Gasteiger partial charge in [0.15, 0.2) is 0 Å². The van der Waals surface area contributed by atoms with Crippen molar-refractivity contribution in [3.05, 3.63) is 53.2 Å². The Morgan fingerprint density at radius 1 is 1.05 bits per heavy atom. The van der Waals surface area contributed by atoms with E-state index in [-0.39, 0.29) is 5.41 Å². The first-order chi connectivity index (χ1) is 17.5. The first-order valence-corrected chi connectivity index (χ1v) is 12.8. The minimum atomic E-state index is -4.44. The summed E-state index contributed by atoms with van der Waals surface area (Å²) in [6.45, 7) is 8.48. The molecule has 0 amide bonds. The van der Waals surface area contributed by atoms with E-state index in [0.717, 1.165) is 30.9 Å². The Hall–Kier alpha value is -3.10. The topological polar surface area (TPSA) is 48.1 Å². The maximum atomic E-state index is 13.8. The fourth-order valence-corrected chi connectivity index (χ4v) is 5.48. The molecule has 3 aromatic rings. The molecule has 1 N–H and O–H groups in total. The summed E-state index contributed by atoms with van der Waals surface area (Å²) in [7, 11) is 0. The lowest BCUT2D eigenvalue weighted by Crippen LogP contribution is -2.47. The number of nitrogens with zero attached hydrogens (tertiary/aromatic N) is 4. The van der Waals surface area contributed by atoms with Crippen molar-refractivity contribution < 1.29 is 17.6 Å². The first kappa shape index (κ1) is 25.5. The Kier molecular flexibility index (Phi) is 6.66. The number of rotatable bonds is 4. The smallest absolute Gasteiger partial charge is 0.353 e. The molecule has 3 heterocycles. The number of imidazole rings is 1. The number of allylic oxidation sites excluding steroid dienone is 2. The highest BCUT2D eigenvalue weighted by Crippen LogP contribution is 2.42. The summed E-state index contributed by atoms with van der Waals surface area (Å²) in [5, 5.41) is 0. The predicted molar refractivity (Wildman–Crippen MR) is 139 cm³/mol. The van der Waals surface area contributed by atoms with Gasteiger partial charge in [0, 0.05) is 43.5 Å². The number of piperazine rings is 1. The van der Waals surface area contributed by atoms with E-state index in [4.69, 9.17) is 4.98 Å². The van der Waals surface area contributed by atoms with Crippen LogP contribution in [0.2, 0.25) is 0 Å². The monoisotopic (exact) mass is 515 g/mol. The molecule has 1 aromatic carbocycles. The highest BCUT2D eigenvalue weighted by Gasteiger charge is 2.34. The van der Waals surface area contributed by atoms with Gasteiger partial charge in [-0.15, -0.1) is 0 Å². The molecule has 5 nitrogen and oxygen atoms in total. The first-order valence-electron chi connectivity index (χ1n) is 12.8. The van der Waals surface area contributed by atoms with Crippen LogP contribution in [0.5, 0.6) is 0 Å². The van der Waals surface area contributed by atoms with Gasteiger partial charge >= 0.3 is 6.18 Å². The van der Waals surface area contributed by atoms with E-state index in [1.54, 1.807) is 18.3 Å². The number of halogens is 4. The van der Waals surface area contributed by atoms with Gasteiger partial charge in [0.25, 0.3) is 0 Å². The zero-order valence-corrected chi connectivity index (χ0v) is 21.5. The molecule has 1 fully saturated rings. The van der Waals surface area contributed by atoms with Crippen LogP contribution >= 0.6 is 0 Å². The number of alkyl halides is 4. The quantitative estimate of drug-likeness (QED) is 0.380. The molecular formula is C28H33F4N5. The van der Waals surface area contributed by atoms with E-state index in [1.165, 1.54) is 6.07 Å². The minimum absolute atomic E-state index is 0.160. The summed E-state index contributed by atoms with van der Waals surface area (Å²) < 4.78 is 54.8. The van der Waals surface area contributed by atoms with E-state index in [1.807, 2.05) is 9.80 Å². The maximum Gasteiger partial charge on any atom is 0.416 e. The van der Waals surface area contributed by atoms with Crippen molar-refractivity contribution in [1.29, 1.82) is 0 Å². The Morgan fingerprint density at radius 3 is 2.41 bits per heavy atom. The number of nitrogens with one attached hydrogen (secondary N) is 1. The second-order valence-electron chi connectivity index (χ2n) is 11.1. The van der Waals surface area contributed by atoms with Crippen molar-refractivity contribution in [2.24, 2.45) is 11.3 Å². The van der Waals surface area contributed by atoms with Crippen LogP contribution in [0.3, 0.4) is 0 Å². The number of hydrogen-bond acceptors (Lipinski definition) is 4. The van der Waals surface area contributed by atoms with Crippen molar-refractivity contribution in [2.75, 3.05) is 36.0 Å². The number of H-pyrrole nitrogens is 1. The molecule has 2 aromatic heterocycles. The summed E-state index contributed by atoms with van der Waals surface area (Å²) in [6, 6.07) is 5.88. The largest absolute Gasteiger partial charge is 0.416 e. The lowest BCUT2D eigenvalue weighted by Gasteiger charge is -2.35. The van der Waals surface area contributed by atoms with Crippen molar-refractivity contribution in [3.8, 4) is 0 Å². The lowest BCUT2D eigenvalue weighted by molar-refractivity contribution is -0.137. The Bertz CT molecular complexity index is 1300. The molecule has 1 unspecified atom stereocenters. The van der Waals surface area contributed by atoms with Gasteiger partial charge < -0.3 is 14.8 Å². The number of hydrogen-bond donors (Lipinski definition) is 1. The third kappa shape index (κ3) is 5.18. The molecule has 1 aliphatic heterocycles. The molecule has 0 radical (unpaired) electrons. The summed E-state index contributed by atoms with van der Waals surface area (Å²) in [5.41, 5.74) is 2.53. The molecule has 198 valence electrons. The number of fused-ring (bicyclic) bond motifs is 1. The summed E-state index contributed by atoms with van der Waals surface area (Å²) >= 11 is 0. The molecule has 1 atom stereocenters. The van der Waals surface area contributed by atoms with Gasteiger partial charge in [0.2, 0.25) is 5.95 Å². The van der Waals surface area contributed by atoms with E-state index in [0.29, 0.717) is 66.0 Å². The molecule has 1 saturated heterocycles. The summed E-state index contributed by atoms with van der Waals surface area (Å²) in [5.74, 6) is 1.70. The van der Waals surface area contributed by atoms with Gasteiger partial charge in [0.05, 0.1) is 16.6 Å². The van der Waals surface area contributed by atoms with E-state index in [9.17, 15) is 17.6 Å². The van der Waals surface area contributed by atoms with Gasteiger partial charge in [-0.05, 0) is 54.4 Å². The minimum Gasteiger partial charge on any atom is -0.353 e. The van der Waals surface area contributed by atoms with Crippen LogP contribution in [-0.4, -0.2) is 41.1 Å². The van der Waals surface area contributed by atoms with Crippen LogP contribution in [0, 0.1) is 11.3 Å². The number of aromatic amines is 1. The van der Waals surface area contributed by atoms with Crippen LogP contribution in [0.1, 0.15) is 56.7 Å². The highest BCUT2D eigenvalue weighted by atomic mass is 19.4. The number of anilines is 2. The standard InChI is InChI=1S/C28H33F4N5/c1-27(2,3)20-8-6-18(7-9-20)22-15-21(28(30,31)32)16-23-24(22)35-26(34-23)37-13-11-36(12-14-37)25-19(17-29)5-4-10-33-25/h4-6,10,15-16,20H,7-9,11-14,17H2,1-3H3,(H,34,35). The molecule has 0 bridgehead atoms. The van der Waals surface area contributed by atoms with E-state index >= 15 is 0 Å². The van der Waals surface area contributed by atoms with Crippen molar-refractivity contribution >= 4 is 28.4 Å². The highest BCUT2D eigenvalue weighted by molar-refractivity contribution is 5.91. The number of aromatic nitrogens is 3. The van der Waals surface area contributed by atoms with Crippen molar-refractivity contribution in [3.63, 3.8) is 0 Å². The molecule has 0 saturated carbocycles. The molecule has 37 heavy (non-hydrogen) atoms. The van der Waals surface area contributed by atoms with E-state index in [2.05, 4.69) is 36.8 Å². The predicted octanol–water partition coefficient (Wildman–Crippen LogP) is 7.00. The molecule has 9 heteroatoms. The molecule has 1 aliphatic carbocycles. The van der Waals surface area contributed by atoms with Gasteiger partial charge in [-0.3, -0.25) is 0 Å². The normalized spacial score (nSPS) is 19.4. The second kappa shape index (κ2) is 9.65. The van der Waals surface area contributed by atoms with Gasteiger partial charge in [-0.25, -0.2) is 14.4 Å². The molecule has 5 rings (SSSR count). The Morgan fingerprint density at radius 2 is 1.78 bits per heavy atom. The lowest BCUT2D eigenvalue weighted by atomic mass is 9.72. The molecule has 0 spiro atoms. The average Bonchev–Trinajstić information content (AvgIpc) is 3.32.